The molecule has 2 aliphatic carbocycles. The monoisotopic (exact) mass is 242 g/mol. The van der Waals surface area contributed by atoms with E-state index >= 15 is 0 Å². The van der Waals surface area contributed by atoms with Gasteiger partial charge in [0.1, 0.15) is 0 Å². The standard InChI is InChI=1S/C16H22N2/c1-2-4-14-10-15(9-13(14)3-1)18-8-7-17-16(11-18)12-5-6-12/h1-4,12,15-17H,5-11H2. The van der Waals surface area contributed by atoms with Crippen molar-refractivity contribution in [2.75, 3.05) is 19.6 Å². The van der Waals surface area contributed by atoms with Crippen molar-refractivity contribution < 1.29 is 0 Å². The first kappa shape index (κ1) is 11.0. The Balaban J connectivity index is 1.45. The van der Waals surface area contributed by atoms with E-state index in [1.54, 1.807) is 11.1 Å². The molecule has 2 fully saturated rings. The second kappa shape index (κ2) is 4.36. The Kier molecular flexibility index (Phi) is 2.66. The van der Waals surface area contributed by atoms with E-state index in [9.17, 15) is 0 Å². The lowest BCUT2D eigenvalue weighted by Crippen LogP contribution is -2.55. The minimum absolute atomic E-state index is 0.769. The number of hydrogen-bond donors (Lipinski definition) is 1. The van der Waals surface area contributed by atoms with Crippen LogP contribution in [0.15, 0.2) is 24.3 Å². The molecule has 1 aromatic carbocycles. The fourth-order valence-electron chi connectivity index (χ4n) is 3.74. The molecule has 1 saturated heterocycles. The number of fused-ring (bicyclic) bond motifs is 1. The van der Waals surface area contributed by atoms with Crippen molar-refractivity contribution >= 4 is 0 Å². The molecule has 1 saturated carbocycles. The quantitative estimate of drug-likeness (QED) is 0.851. The molecule has 1 N–H and O–H groups in total. The Bertz CT molecular complexity index is 413. The zero-order valence-corrected chi connectivity index (χ0v) is 10.9. The normalized spacial score (nSPS) is 29.4. The van der Waals surface area contributed by atoms with Crippen LogP contribution >= 0.6 is 0 Å². The van der Waals surface area contributed by atoms with Crippen LogP contribution in [-0.4, -0.2) is 36.6 Å². The SMILES string of the molecule is c1ccc2c(c1)CC(N1CCNC(C3CC3)C1)C2. The van der Waals surface area contributed by atoms with Crippen LogP contribution in [0.25, 0.3) is 0 Å². The maximum Gasteiger partial charge on any atom is 0.0223 e. The van der Waals surface area contributed by atoms with Crippen LogP contribution < -0.4 is 5.32 Å². The van der Waals surface area contributed by atoms with E-state index in [-0.39, 0.29) is 0 Å². The molecule has 0 radical (unpaired) electrons. The van der Waals surface area contributed by atoms with Gasteiger partial charge in [0.2, 0.25) is 0 Å². The Hall–Kier alpha value is -0.860. The van der Waals surface area contributed by atoms with Gasteiger partial charge in [0.05, 0.1) is 0 Å². The Morgan fingerprint density at radius 1 is 1.06 bits per heavy atom. The number of benzene rings is 1. The van der Waals surface area contributed by atoms with Gasteiger partial charge in [-0.3, -0.25) is 4.90 Å². The maximum absolute atomic E-state index is 3.71. The molecule has 0 spiro atoms. The number of rotatable bonds is 2. The van der Waals surface area contributed by atoms with E-state index in [1.807, 2.05) is 0 Å². The van der Waals surface area contributed by atoms with Crippen molar-refractivity contribution in [3.63, 3.8) is 0 Å². The van der Waals surface area contributed by atoms with Crippen molar-refractivity contribution in [2.24, 2.45) is 5.92 Å². The first-order valence-electron chi connectivity index (χ1n) is 7.44. The third kappa shape index (κ3) is 1.98. The summed E-state index contributed by atoms with van der Waals surface area (Å²) in [6, 6.07) is 10.6. The summed E-state index contributed by atoms with van der Waals surface area (Å²) in [5, 5.41) is 3.71. The molecule has 4 rings (SSSR count). The van der Waals surface area contributed by atoms with Crippen LogP contribution in [0.4, 0.5) is 0 Å². The van der Waals surface area contributed by atoms with Gasteiger partial charge < -0.3 is 5.32 Å². The summed E-state index contributed by atoms with van der Waals surface area (Å²) in [5.74, 6) is 0.983. The summed E-state index contributed by atoms with van der Waals surface area (Å²) in [7, 11) is 0. The van der Waals surface area contributed by atoms with Gasteiger partial charge in [-0.1, -0.05) is 24.3 Å². The second-order valence-corrected chi connectivity index (χ2v) is 6.22. The van der Waals surface area contributed by atoms with Crippen LogP contribution in [0, 0.1) is 5.92 Å². The molecular formula is C16H22N2. The topological polar surface area (TPSA) is 15.3 Å². The molecule has 2 nitrogen and oxygen atoms in total. The van der Waals surface area contributed by atoms with Gasteiger partial charge in [0.25, 0.3) is 0 Å². The predicted molar refractivity (Wildman–Crippen MR) is 73.7 cm³/mol. The molecule has 1 heterocycles. The molecule has 1 aromatic rings. The summed E-state index contributed by atoms with van der Waals surface area (Å²) in [5.41, 5.74) is 3.17. The van der Waals surface area contributed by atoms with Gasteiger partial charge in [-0.2, -0.15) is 0 Å². The highest BCUT2D eigenvalue weighted by molar-refractivity contribution is 5.33. The fourth-order valence-corrected chi connectivity index (χ4v) is 3.74. The van der Waals surface area contributed by atoms with E-state index in [0.717, 1.165) is 18.0 Å². The maximum atomic E-state index is 3.71. The van der Waals surface area contributed by atoms with Crippen molar-refractivity contribution in [2.45, 2.75) is 37.8 Å². The van der Waals surface area contributed by atoms with E-state index in [0.29, 0.717) is 0 Å². The highest BCUT2D eigenvalue weighted by atomic mass is 15.2. The number of hydrogen-bond acceptors (Lipinski definition) is 2. The Labute approximate surface area is 109 Å². The lowest BCUT2D eigenvalue weighted by molar-refractivity contribution is 0.139. The summed E-state index contributed by atoms with van der Waals surface area (Å²) in [6.45, 7) is 3.71. The molecule has 1 atom stereocenters. The van der Waals surface area contributed by atoms with Gasteiger partial charge in [0, 0.05) is 31.7 Å². The molecule has 1 unspecified atom stereocenters. The second-order valence-electron chi connectivity index (χ2n) is 6.22. The molecule has 3 aliphatic rings. The largest absolute Gasteiger partial charge is 0.311 e. The summed E-state index contributed by atoms with van der Waals surface area (Å²) < 4.78 is 0. The van der Waals surface area contributed by atoms with Gasteiger partial charge in [-0.15, -0.1) is 0 Å². The van der Waals surface area contributed by atoms with Crippen LogP contribution in [0.1, 0.15) is 24.0 Å². The van der Waals surface area contributed by atoms with Crippen LogP contribution in [0.5, 0.6) is 0 Å². The zero-order chi connectivity index (χ0) is 11.9. The Morgan fingerprint density at radius 2 is 1.78 bits per heavy atom. The minimum Gasteiger partial charge on any atom is -0.311 e. The van der Waals surface area contributed by atoms with Gasteiger partial charge in [-0.25, -0.2) is 0 Å². The van der Waals surface area contributed by atoms with Gasteiger partial charge in [0.15, 0.2) is 0 Å². The molecule has 0 amide bonds. The number of nitrogens with one attached hydrogen (secondary N) is 1. The molecular weight excluding hydrogens is 220 g/mol. The lowest BCUT2D eigenvalue weighted by atomic mass is 10.1. The third-order valence-corrected chi connectivity index (χ3v) is 4.97. The third-order valence-electron chi connectivity index (χ3n) is 4.97. The number of piperazine rings is 1. The molecule has 0 aromatic heterocycles. The van der Waals surface area contributed by atoms with Crippen molar-refractivity contribution in [3.8, 4) is 0 Å². The van der Waals surface area contributed by atoms with E-state index in [4.69, 9.17) is 0 Å². The minimum atomic E-state index is 0.769. The lowest BCUT2D eigenvalue weighted by Gasteiger charge is -2.37. The predicted octanol–water partition coefficient (Wildman–Crippen LogP) is 1.84. The molecule has 18 heavy (non-hydrogen) atoms. The molecule has 0 bridgehead atoms. The van der Waals surface area contributed by atoms with Crippen LogP contribution in [-0.2, 0) is 12.8 Å². The summed E-state index contributed by atoms with van der Waals surface area (Å²) >= 11 is 0. The van der Waals surface area contributed by atoms with Gasteiger partial charge in [-0.05, 0) is 42.7 Å². The molecule has 2 heteroatoms. The van der Waals surface area contributed by atoms with Crippen LogP contribution in [0.2, 0.25) is 0 Å². The van der Waals surface area contributed by atoms with E-state index in [1.165, 1.54) is 45.3 Å². The van der Waals surface area contributed by atoms with Crippen molar-refractivity contribution in [3.05, 3.63) is 35.4 Å². The van der Waals surface area contributed by atoms with Crippen molar-refractivity contribution in [1.29, 1.82) is 0 Å². The molecule has 96 valence electrons. The summed E-state index contributed by atoms with van der Waals surface area (Å²) in [6.07, 6.45) is 5.45. The highest BCUT2D eigenvalue weighted by Gasteiger charge is 2.36. The first-order valence-corrected chi connectivity index (χ1v) is 7.44. The molecule has 1 aliphatic heterocycles. The van der Waals surface area contributed by atoms with E-state index in [2.05, 4.69) is 34.5 Å². The zero-order valence-electron chi connectivity index (χ0n) is 10.9. The van der Waals surface area contributed by atoms with Gasteiger partial charge >= 0.3 is 0 Å². The van der Waals surface area contributed by atoms with E-state index < -0.39 is 0 Å². The Morgan fingerprint density at radius 3 is 2.44 bits per heavy atom. The van der Waals surface area contributed by atoms with Crippen LogP contribution in [0.3, 0.4) is 0 Å². The number of nitrogens with zero attached hydrogens (tertiary/aromatic N) is 1. The van der Waals surface area contributed by atoms with Crippen molar-refractivity contribution in [1.82, 2.24) is 10.2 Å². The first-order chi connectivity index (χ1) is 8.90. The average Bonchev–Trinajstić information content (AvgIpc) is 3.18. The average molecular weight is 242 g/mol. The highest BCUT2D eigenvalue weighted by Crippen LogP contribution is 2.35. The summed E-state index contributed by atoms with van der Waals surface area (Å²) in [4.78, 5) is 2.75. The fraction of sp³-hybridized carbons (Fsp3) is 0.625. The smallest absolute Gasteiger partial charge is 0.0223 e.